The predicted octanol–water partition coefficient (Wildman–Crippen LogP) is 6.78. The van der Waals surface area contributed by atoms with Gasteiger partial charge in [0.05, 0.1) is 12.1 Å². The first-order valence-electron chi connectivity index (χ1n) is 10.8. The summed E-state index contributed by atoms with van der Waals surface area (Å²) in [6.45, 7) is 8.52. The maximum absolute atomic E-state index is 12.9. The van der Waals surface area contributed by atoms with Crippen LogP contribution in [0, 0.1) is 6.92 Å². The van der Waals surface area contributed by atoms with E-state index in [1.54, 1.807) is 11.8 Å². The van der Waals surface area contributed by atoms with Gasteiger partial charge in [-0.1, -0.05) is 80.0 Å². The van der Waals surface area contributed by atoms with Gasteiger partial charge in [0.1, 0.15) is 0 Å². The molecule has 0 aliphatic carbocycles. The molecule has 0 aliphatic rings. The molecule has 4 rings (SSSR count). The fourth-order valence-corrected chi connectivity index (χ4v) is 4.53. The van der Waals surface area contributed by atoms with Crippen molar-refractivity contribution in [3.8, 4) is 22.6 Å². The van der Waals surface area contributed by atoms with Crippen LogP contribution in [0.1, 0.15) is 31.9 Å². The number of benzene rings is 3. The van der Waals surface area contributed by atoms with Crippen molar-refractivity contribution >= 4 is 23.4 Å². The van der Waals surface area contributed by atoms with E-state index >= 15 is 0 Å². The average molecular weight is 458 g/mol. The number of nitrogens with one attached hydrogen (secondary N) is 1. The average Bonchev–Trinajstić information content (AvgIpc) is 3.30. The van der Waals surface area contributed by atoms with Crippen molar-refractivity contribution < 1.29 is 9.32 Å². The molecular weight excluding hydrogens is 430 g/mol. The number of nitrogens with zero attached hydrogens (tertiary/aromatic N) is 2. The predicted molar refractivity (Wildman–Crippen MR) is 134 cm³/mol. The first kappa shape index (κ1) is 22.8. The summed E-state index contributed by atoms with van der Waals surface area (Å²) < 4.78 is 5.31. The Labute approximate surface area is 198 Å². The fourth-order valence-electron chi connectivity index (χ4n) is 3.51. The summed E-state index contributed by atoms with van der Waals surface area (Å²) in [6.07, 6.45) is 1.72. The Bertz CT molecular complexity index is 1240. The summed E-state index contributed by atoms with van der Waals surface area (Å²) in [5, 5.41) is 6.89. The van der Waals surface area contributed by atoms with Crippen LogP contribution in [0.3, 0.4) is 0 Å². The van der Waals surface area contributed by atoms with Crippen LogP contribution in [0.15, 0.2) is 82.5 Å². The Morgan fingerprint density at radius 1 is 1.00 bits per heavy atom. The Hall–Kier alpha value is -3.38. The summed E-state index contributed by atoms with van der Waals surface area (Å²) >= 11 is 1.73. The molecule has 0 unspecified atom stereocenters. The molecule has 168 valence electrons. The normalized spacial score (nSPS) is 11.4. The lowest BCUT2D eigenvalue weighted by atomic mass is 9.99. The smallest absolute Gasteiger partial charge is 0.258 e. The fraction of sp³-hybridized carbons (Fsp3) is 0.222. The molecule has 0 atom stereocenters. The molecule has 3 aromatic carbocycles. The number of amides is 1. The van der Waals surface area contributed by atoms with Crippen LogP contribution >= 0.6 is 11.8 Å². The Morgan fingerprint density at radius 2 is 1.73 bits per heavy atom. The van der Waals surface area contributed by atoms with Gasteiger partial charge in [0.25, 0.3) is 5.89 Å². The van der Waals surface area contributed by atoms with Crippen molar-refractivity contribution in [3.63, 3.8) is 0 Å². The molecule has 0 aliphatic heterocycles. The Morgan fingerprint density at radius 3 is 2.39 bits per heavy atom. The third-order valence-electron chi connectivity index (χ3n) is 4.98. The quantitative estimate of drug-likeness (QED) is 0.323. The van der Waals surface area contributed by atoms with Crippen LogP contribution in [0.2, 0.25) is 0 Å². The molecule has 33 heavy (non-hydrogen) atoms. The van der Waals surface area contributed by atoms with Crippen molar-refractivity contribution in [3.05, 3.63) is 84.2 Å². The summed E-state index contributed by atoms with van der Waals surface area (Å²) in [5.41, 5.74) is 5.74. The van der Waals surface area contributed by atoms with Crippen molar-refractivity contribution in [2.75, 3.05) is 5.32 Å². The highest BCUT2D eigenvalue weighted by Gasteiger charge is 2.18. The largest absolute Gasteiger partial charge is 0.334 e. The second-order valence-corrected chi connectivity index (χ2v) is 10.8. The molecule has 1 aromatic heterocycles. The lowest BCUT2D eigenvalue weighted by Gasteiger charge is -2.21. The van der Waals surface area contributed by atoms with Crippen molar-refractivity contribution in [1.82, 2.24) is 10.1 Å². The molecular formula is C27H27N3O2S. The van der Waals surface area contributed by atoms with Crippen LogP contribution in [0.25, 0.3) is 22.6 Å². The molecule has 6 heteroatoms. The monoisotopic (exact) mass is 457 g/mol. The minimum atomic E-state index is -0.0445. The van der Waals surface area contributed by atoms with E-state index in [0.717, 1.165) is 32.8 Å². The van der Waals surface area contributed by atoms with Gasteiger partial charge < -0.3 is 9.84 Å². The third kappa shape index (κ3) is 5.90. The molecule has 0 fully saturated rings. The summed E-state index contributed by atoms with van der Waals surface area (Å²) in [4.78, 5) is 18.2. The number of thioether (sulfide) groups is 1. The summed E-state index contributed by atoms with van der Waals surface area (Å²) in [5.74, 6) is 0.417. The van der Waals surface area contributed by atoms with Gasteiger partial charge in [0.15, 0.2) is 6.33 Å². The van der Waals surface area contributed by atoms with Crippen molar-refractivity contribution in [1.29, 1.82) is 0 Å². The number of aromatic nitrogens is 2. The van der Waals surface area contributed by atoms with Crippen molar-refractivity contribution in [2.24, 2.45) is 0 Å². The first-order chi connectivity index (χ1) is 15.8. The maximum atomic E-state index is 12.9. The van der Waals surface area contributed by atoms with Crippen LogP contribution in [-0.2, 0) is 11.2 Å². The summed E-state index contributed by atoms with van der Waals surface area (Å²) in [6, 6.07) is 22.1. The minimum absolute atomic E-state index is 0.000380. The van der Waals surface area contributed by atoms with Crippen LogP contribution in [-0.4, -0.2) is 20.8 Å². The Balaban J connectivity index is 1.68. The molecule has 1 amide bonds. The van der Waals surface area contributed by atoms with Gasteiger partial charge in [-0.3, -0.25) is 4.79 Å². The molecule has 1 N–H and O–H groups in total. The highest BCUT2D eigenvalue weighted by Crippen LogP contribution is 2.40. The van der Waals surface area contributed by atoms with E-state index in [2.05, 4.69) is 48.4 Å². The number of hydrogen-bond acceptors (Lipinski definition) is 5. The van der Waals surface area contributed by atoms with Gasteiger partial charge in [-0.25, -0.2) is 0 Å². The topological polar surface area (TPSA) is 68.0 Å². The molecule has 4 aromatic rings. The molecule has 1 heterocycles. The molecule has 0 saturated carbocycles. The van der Waals surface area contributed by atoms with E-state index in [-0.39, 0.29) is 10.7 Å². The van der Waals surface area contributed by atoms with Crippen LogP contribution in [0.4, 0.5) is 5.69 Å². The van der Waals surface area contributed by atoms with Crippen LogP contribution < -0.4 is 5.32 Å². The third-order valence-corrected chi connectivity index (χ3v) is 6.17. The van der Waals surface area contributed by atoms with E-state index in [0.29, 0.717) is 12.3 Å². The van der Waals surface area contributed by atoms with Crippen LogP contribution in [0.5, 0.6) is 0 Å². The lowest BCUT2D eigenvalue weighted by molar-refractivity contribution is -0.115. The number of anilines is 1. The van der Waals surface area contributed by atoms with E-state index in [9.17, 15) is 4.79 Å². The minimum Gasteiger partial charge on any atom is -0.334 e. The first-order valence-corrected chi connectivity index (χ1v) is 11.6. The zero-order valence-corrected chi connectivity index (χ0v) is 20.1. The standard InChI is InChI=1S/C27H27N3O2S/c1-18-9-11-19(12-10-18)15-25(31)30-23-16-20(13-14-24(23)33-27(2,3)4)21-7-5-6-8-22(21)26-28-17-29-32-26/h5-14,16-17H,15H2,1-4H3,(H,30,31). The number of hydrogen-bond donors (Lipinski definition) is 1. The molecule has 0 spiro atoms. The Kier molecular flexibility index (Phi) is 6.65. The highest BCUT2D eigenvalue weighted by molar-refractivity contribution is 8.00. The van der Waals surface area contributed by atoms with Gasteiger partial charge in [-0.2, -0.15) is 4.98 Å². The summed E-state index contributed by atoms with van der Waals surface area (Å²) in [7, 11) is 0. The van der Waals surface area contributed by atoms with Crippen molar-refractivity contribution in [2.45, 2.75) is 43.8 Å². The SMILES string of the molecule is Cc1ccc(CC(=O)Nc2cc(-c3ccccc3-c3ncno3)ccc2SC(C)(C)C)cc1. The highest BCUT2D eigenvalue weighted by atomic mass is 32.2. The van der Waals surface area contributed by atoms with Gasteiger partial charge in [0, 0.05) is 15.2 Å². The van der Waals surface area contributed by atoms with Gasteiger partial charge in [0.2, 0.25) is 5.91 Å². The number of carbonyl (C=O) groups excluding carboxylic acids is 1. The number of aryl methyl sites for hydroxylation is 1. The van der Waals surface area contributed by atoms with Gasteiger partial charge >= 0.3 is 0 Å². The van der Waals surface area contributed by atoms with E-state index < -0.39 is 0 Å². The van der Waals surface area contributed by atoms with E-state index in [4.69, 9.17) is 4.52 Å². The van der Waals surface area contributed by atoms with Gasteiger partial charge in [-0.05, 0) is 41.8 Å². The van der Waals surface area contributed by atoms with E-state index in [1.165, 1.54) is 11.9 Å². The second kappa shape index (κ2) is 9.63. The number of rotatable bonds is 6. The molecule has 0 bridgehead atoms. The zero-order valence-electron chi connectivity index (χ0n) is 19.3. The lowest BCUT2D eigenvalue weighted by Crippen LogP contribution is -2.16. The number of carbonyl (C=O) groups is 1. The molecule has 0 radical (unpaired) electrons. The van der Waals surface area contributed by atoms with E-state index in [1.807, 2.05) is 61.5 Å². The van der Waals surface area contributed by atoms with Gasteiger partial charge in [-0.15, -0.1) is 11.8 Å². The maximum Gasteiger partial charge on any atom is 0.258 e. The second-order valence-electron chi connectivity index (χ2n) is 8.93. The molecule has 0 saturated heterocycles. The zero-order chi connectivity index (χ0) is 23.4. The molecule has 5 nitrogen and oxygen atoms in total.